The normalized spacial score (nSPS) is 20.9. The van der Waals surface area contributed by atoms with Crippen LogP contribution in [0.15, 0.2) is 54.7 Å². The summed E-state index contributed by atoms with van der Waals surface area (Å²) in [7, 11) is 0. The third kappa shape index (κ3) is 3.24. The molecule has 0 bridgehead atoms. The summed E-state index contributed by atoms with van der Waals surface area (Å²) in [6.45, 7) is 0. The minimum absolute atomic E-state index is 0.292. The third-order valence-corrected chi connectivity index (χ3v) is 4.75. The third-order valence-electron chi connectivity index (χ3n) is 4.75. The molecule has 0 amide bonds. The van der Waals surface area contributed by atoms with Gasteiger partial charge < -0.3 is 11.1 Å². The standard InChI is InChI=1S/C20H22N4/c21-17-6-3-7-18(13-17)23-20-22-11-10-19(24-20)16-9-8-14-4-1-2-5-15(14)12-16/h1-2,4-5,8-12,17-18H,3,6-7,13,21H2,(H,22,23,24). The first kappa shape index (κ1) is 15.1. The lowest BCUT2D eigenvalue weighted by Gasteiger charge is -2.27. The summed E-state index contributed by atoms with van der Waals surface area (Å²) in [5.74, 6) is 0.694. The number of nitrogens with zero attached hydrogens (tertiary/aromatic N) is 2. The van der Waals surface area contributed by atoms with Gasteiger partial charge in [0.05, 0.1) is 5.69 Å². The molecule has 4 nitrogen and oxygen atoms in total. The van der Waals surface area contributed by atoms with Gasteiger partial charge >= 0.3 is 0 Å². The average Bonchev–Trinajstić information content (AvgIpc) is 2.61. The summed E-state index contributed by atoms with van der Waals surface area (Å²) in [6.07, 6.45) is 6.24. The Morgan fingerprint density at radius 2 is 1.88 bits per heavy atom. The molecule has 4 heteroatoms. The van der Waals surface area contributed by atoms with E-state index in [1.165, 1.54) is 17.2 Å². The van der Waals surface area contributed by atoms with Crippen molar-refractivity contribution in [1.29, 1.82) is 0 Å². The van der Waals surface area contributed by atoms with Crippen LogP contribution in [0.25, 0.3) is 22.0 Å². The molecule has 1 heterocycles. The molecule has 1 saturated carbocycles. The Kier molecular flexibility index (Phi) is 4.13. The fourth-order valence-electron chi connectivity index (χ4n) is 3.48. The number of aromatic nitrogens is 2. The van der Waals surface area contributed by atoms with E-state index in [4.69, 9.17) is 10.7 Å². The van der Waals surface area contributed by atoms with Crippen molar-refractivity contribution in [2.45, 2.75) is 37.8 Å². The topological polar surface area (TPSA) is 63.8 Å². The number of nitrogens with one attached hydrogen (secondary N) is 1. The molecule has 122 valence electrons. The maximum Gasteiger partial charge on any atom is 0.223 e. The first-order valence-electron chi connectivity index (χ1n) is 8.62. The number of rotatable bonds is 3. The van der Waals surface area contributed by atoms with Crippen LogP contribution in [0, 0.1) is 0 Å². The Bertz CT molecular complexity index is 846. The largest absolute Gasteiger partial charge is 0.351 e. The molecule has 1 fully saturated rings. The van der Waals surface area contributed by atoms with Crippen molar-refractivity contribution in [1.82, 2.24) is 9.97 Å². The molecule has 1 aliphatic carbocycles. The van der Waals surface area contributed by atoms with Crippen molar-refractivity contribution in [2.24, 2.45) is 5.73 Å². The summed E-state index contributed by atoms with van der Waals surface area (Å²) < 4.78 is 0. The fraction of sp³-hybridized carbons (Fsp3) is 0.300. The molecule has 4 rings (SSSR count). The zero-order valence-corrected chi connectivity index (χ0v) is 13.7. The minimum Gasteiger partial charge on any atom is -0.351 e. The van der Waals surface area contributed by atoms with Crippen LogP contribution in [-0.4, -0.2) is 22.1 Å². The zero-order chi connectivity index (χ0) is 16.4. The maximum atomic E-state index is 6.07. The van der Waals surface area contributed by atoms with Gasteiger partial charge in [-0.15, -0.1) is 0 Å². The summed E-state index contributed by atoms with van der Waals surface area (Å²) >= 11 is 0. The van der Waals surface area contributed by atoms with Gasteiger partial charge in [0, 0.05) is 23.8 Å². The molecule has 2 aromatic carbocycles. The highest BCUT2D eigenvalue weighted by molar-refractivity contribution is 5.86. The first-order valence-corrected chi connectivity index (χ1v) is 8.62. The molecule has 0 radical (unpaired) electrons. The van der Waals surface area contributed by atoms with E-state index in [1.54, 1.807) is 0 Å². The number of fused-ring (bicyclic) bond motifs is 1. The first-order chi connectivity index (χ1) is 11.8. The minimum atomic E-state index is 0.292. The van der Waals surface area contributed by atoms with Crippen LogP contribution in [0.4, 0.5) is 5.95 Å². The molecular formula is C20H22N4. The SMILES string of the molecule is NC1CCCC(Nc2nccc(-c3ccc4ccccc4c3)n2)C1. The maximum absolute atomic E-state index is 6.07. The smallest absolute Gasteiger partial charge is 0.223 e. The molecule has 24 heavy (non-hydrogen) atoms. The van der Waals surface area contributed by atoms with Crippen molar-refractivity contribution in [3.8, 4) is 11.3 Å². The van der Waals surface area contributed by atoms with E-state index >= 15 is 0 Å². The van der Waals surface area contributed by atoms with E-state index in [0.717, 1.165) is 30.5 Å². The van der Waals surface area contributed by atoms with Crippen molar-refractivity contribution in [3.05, 3.63) is 54.7 Å². The Morgan fingerprint density at radius 3 is 2.75 bits per heavy atom. The molecule has 3 N–H and O–H groups in total. The van der Waals surface area contributed by atoms with Gasteiger partial charge in [0.1, 0.15) is 0 Å². The summed E-state index contributed by atoms with van der Waals surface area (Å²) in [5.41, 5.74) is 8.13. The lowest BCUT2D eigenvalue weighted by molar-refractivity contribution is 0.408. The van der Waals surface area contributed by atoms with Gasteiger partial charge in [0.2, 0.25) is 5.95 Å². The lowest BCUT2D eigenvalue weighted by atomic mass is 9.92. The summed E-state index contributed by atoms with van der Waals surface area (Å²) in [5, 5.41) is 5.92. The van der Waals surface area contributed by atoms with Crippen LogP contribution >= 0.6 is 0 Å². The quantitative estimate of drug-likeness (QED) is 0.767. The molecule has 3 aromatic rings. The van der Waals surface area contributed by atoms with Crippen LogP contribution in [0.2, 0.25) is 0 Å². The van der Waals surface area contributed by atoms with Crippen LogP contribution in [0.1, 0.15) is 25.7 Å². The zero-order valence-electron chi connectivity index (χ0n) is 13.7. The van der Waals surface area contributed by atoms with Gasteiger partial charge in [0.15, 0.2) is 0 Å². The van der Waals surface area contributed by atoms with E-state index in [2.05, 4.69) is 52.8 Å². The molecule has 2 atom stereocenters. The highest BCUT2D eigenvalue weighted by atomic mass is 15.1. The Hall–Kier alpha value is -2.46. The van der Waals surface area contributed by atoms with Crippen molar-refractivity contribution >= 4 is 16.7 Å². The van der Waals surface area contributed by atoms with Gasteiger partial charge in [-0.05, 0) is 48.6 Å². The average molecular weight is 318 g/mol. The number of hydrogen-bond acceptors (Lipinski definition) is 4. The van der Waals surface area contributed by atoms with Gasteiger partial charge in [-0.1, -0.05) is 36.4 Å². The highest BCUT2D eigenvalue weighted by Crippen LogP contribution is 2.24. The van der Waals surface area contributed by atoms with E-state index in [-0.39, 0.29) is 0 Å². The monoisotopic (exact) mass is 318 g/mol. The van der Waals surface area contributed by atoms with Gasteiger partial charge in [0.25, 0.3) is 0 Å². The molecule has 2 unspecified atom stereocenters. The second-order valence-corrected chi connectivity index (χ2v) is 6.60. The second-order valence-electron chi connectivity index (χ2n) is 6.60. The van der Waals surface area contributed by atoms with Gasteiger partial charge in [-0.25, -0.2) is 9.97 Å². The van der Waals surface area contributed by atoms with E-state index < -0.39 is 0 Å². The Balaban J connectivity index is 1.59. The van der Waals surface area contributed by atoms with Crippen molar-refractivity contribution < 1.29 is 0 Å². The van der Waals surface area contributed by atoms with Gasteiger partial charge in [-0.2, -0.15) is 0 Å². The van der Waals surface area contributed by atoms with Crippen molar-refractivity contribution in [2.75, 3.05) is 5.32 Å². The predicted molar refractivity (Wildman–Crippen MR) is 98.8 cm³/mol. The van der Waals surface area contributed by atoms with E-state index in [0.29, 0.717) is 18.0 Å². The molecule has 0 aliphatic heterocycles. The Morgan fingerprint density at radius 1 is 1.00 bits per heavy atom. The molecular weight excluding hydrogens is 296 g/mol. The molecule has 0 saturated heterocycles. The van der Waals surface area contributed by atoms with Crippen LogP contribution < -0.4 is 11.1 Å². The van der Waals surface area contributed by atoms with Gasteiger partial charge in [-0.3, -0.25) is 0 Å². The van der Waals surface area contributed by atoms with Crippen LogP contribution in [0.5, 0.6) is 0 Å². The van der Waals surface area contributed by atoms with Crippen molar-refractivity contribution in [3.63, 3.8) is 0 Å². The lowest BCUT2D eigenvalue weighted by Crippen LogP contribution is -2.35. The van der Waals surface area contributed by atoms with Crippen LogP contribution in [-0.2, 0) is 0 Å². The van der Waals surface area contributed by atoms with E-state index in [1.807, 2.05) is 12.3 Å². The molecule has 1 aliphatic rings. The second kappa shape index (κ2) is 6.57. The fourth-order valence-corrected chi connectivity index (χ4v) is 3.48. The molecule has 0 spiro atoms. The summed E-state index contributed by atoms with van der Waals surface area (Å²) in [6, 6.07) is 17.4. The summed E-state index contributed by atoms with van der Waals surface area (Å²) in [4.78, 5) is 9.09. The molecule has 1 aromatic heterocycles. The van der Waals surface area contributed by atoms with E-state index in [9.17, 15) is 0 Å². The van der Waals surface area contributed by atoms with Crippen LogP contribution in [0.3, 0.4) is 0 Å². The number of benzene rings is 2. The number of nitrogens with two attached hydrogens (primary N) is 1. The highest BCUT2D eigenvalue weighted by Gasteiger charge is 2.19. The number of anilines is 1. The number of hydrogen-bond donors (Lipinski definition) is 2. The predicted octanol–water partition coefficient (Wildman–Crippen LogP) is 3.98. The Labute approximate surface area is 142 Å².